The van der Waals surface area contributed by atoms with Gasteiger partial charge in [0, 0.05) is 17.3 Å². The van der Waals surface area contributed by atoms with E-state index < -0.39 is 5.97 Å². The Morgan fingerprint density at radius 1 is 0.721 bits per heavy atom. The van der Waals surface area contributed by atoms with E-state index in [-0.39, 0.29) is 5.97 Å². The lowest BCUT2D eigenvalue weighted by Crippen LogP contribution is -2.08. The van der Waals surface area contributed by atoms with E-state index in [4.69, 9.17) is 14.2 Å². The summed E-state index contributed by atoms with van der Waals surface area (Å²) in [6.45, 7) is 8.57. The molecule has 230 valence electrons. The smallest absolute Gasteiger partial charge is 0.343 e. The monoisotopic (exact) mass is 585 g/mol. The van der Waals surface area contributed by atoms with E-state index in [1.807, 2.05) is 18.3 Å². The summed E-state index contributed by atoms with van der Waals surface area (Å²) in [4.78, 5) is 28.6. The van der Waals surface area contributed by atoms with Gasteiger partial charge in [-0.1, -0.05) is 70.9 Å². The van der Waals surface area contributed by atoms with Gasteiger partial charge in [0.15, 0.2) is 0 Å². The molecular weight excluding hydrogens is 538 g/mol. The van der Waals surface area contributed by atoms with E-state index in [0.29, 0.717) is 30.1 Å². The average molecular weight is 586 g/mol. The van der Waals surface area contributed by atoms with Gasteiger partial charge in [0.2, 0.25) is 0 Å². The van der Waals surface area contributed by atoms with Crippen molar-refractivity contribution in [3.63, 3.8) is 0 Å². The molecule has 3 aromatic rings. The van der Waals surface area contributed by atoms with E-state index in [9.17, 15) is 9.59 Å². The molecule has 0 radical (unpaired) electrons. The van der Waals surface area contributed by atoms with Gasteiger partial charge in [0.25, 0.3) is 0 Å². The summed E-state index contributed by atoms with van der Waals surface area (Å²) in [5, 5.41) is 0. The topological polar surface area (TPSA) is 74.7 Å². The lowest BCUT2D eigenvalue weighted by molar-refractivity contribution is -0.139. The van der Waals surface area contributed by atoms with Gasteiger partial charge in [-0.2, -0.15) is 0 Å². The Labute approximate surface area is 257 Å². The number of aryl methyl sites for hydroxylation is 1. The molecule has 3 rings (SSSR count). The first-order chi connectivity index (χ1) is 21.0. The maximum Gasteiger partial charge on any atom is 0.343 e. The Balaban J connectivity index is 1.30. The molecule has 0 aliphatic carbocycles. The molecular formula is C37H47NO5. The second-order valence-electron chi connectivity index (χ2n) is 11.0. The Hall–Kier alpha value is -3.93. The maximum absolute atomic E-state index is 12.6. The summed E-state index contributed by atoms with van der Waals surface area (Å²) < 4.78 is 16.5. The van der Waals surface area contributed by atoms with E-state index in [1.54, 1.807) is 43.3 Å². The quantitative estimate of drug-likeness (QED) is 0.0569. The number of carbonyl (C=O) groups is 2. The van der Waals surface area contributed by atoms with Crippen LogP contribution in [0, 0.1) is 0 Å². The normalized spacial score (nSPS) is 10.7. The number of nitrogens with zero attached hydrogens (tertiary/aromatic N) is 1. The largest absolute Gasteiger partial charge is 0.494 e. The zero-order chi connectivity index (χ0) is 30.7. The summed E-state index contributed by atoms with van der Waals surface area (Å²) in [6, 6.07) is 18.7. The first kappa shape index (κ1) is 33.6. The van der Waals surface area contributed by atoms with Crippen molar-refractivity contribution in [2.75, 3.05) is 13.2 Å². The van der Waals surface area contributed by atoms with Crippen molar-refractivity contribution in [1.82, 2.24) is 4.98 Å². The minimum atomic E-state index is -0.404. The average Bonchev–Trinajstić information content (AvgIpc) is 3.02. The van der Waals surface area contributed by atoms with Crippen LogP contribution in [0.15, 0.2) is 79.0 Å². The Bertz CT molecular complexity index is 1250. The first-order valence-electron chi connectivity index (χ1n) is 15.8. The summed E-state index contributed by atoms with van der Waals surface area (Å²) in [7, 11) is 0. The van der Waals surface area contributed by atoms with Gasteiger partial charge in [-0.15, -0.1) is 0 Å². The first-order valence-corrected chi connectivity index (χ1v) is 15.8. The highest BCUT2D eigenvalue weighted by atomic mass is 16.5. The Morgan fingerprint density at radius 3 is 1.98 bits per heavy atom. The fourth-order valence-corrected chi connectivity index (χ4v) is 4.61. The van der Waals surface area contributed by atoms with Gasteiger partial charge in [-0.05, 0) is 92.8 Å². The van der Waals surface area contributed by atoms with Crippen molar-refractivity contribution in [3.05, 3.63) is 90.1 Å². The molecule has 0 atom stereocenters. The zero-order valence-electron chi connectivity index (χ0n) is 25.9. The molecule has 0 fully saturated rings. The van der Waals surface area contributed by atoms with Crippen molar-refractivity contribution in [2.24, 2.45) is 0 Å². The van der Waals surface area contributed by atoms with Crippen molar-refractivity contribution < 1.29 is 23.8 Å². The van der Waals surface area contributed by atoms with Crippen LogP contribution in [0.25, 0.3) is 11.3 Å². The molecule has 6 heteroatoms. The molecule has 0 N–H and O–H groups in total. The van der Waals surface area contributed by atoms with Crippen LogP contribution in [0.2, 0.25) is 0 Å². The van der Waals surface area contributed by atoms with Gasteiger partial charge < -0.3 is 14.2 Å². The molecule has 1 aromatic heterocycles. The zero-order valence-corrected chi connectivity index (χ0v) is 25.9. The predicted molar refractivity (Wildman–Crippen MR) is 173 cm³/mol. The summed E-state index contributed by atoms with van der Waals surface area (Å²) in [5.74, 6) is 0.523. The number of hydrogen-bond donors (Lipinski definition) is 0. The van der Waals surface area contributed by atoms with Gasteiger partial charge in [0.1, 0.15) is 11.5 Å². The number of unbranched alkanes of at least 4 members (excludes halogenated alkanes) is 9. The highest BCUT2D eigenvalue weighted by Crippen LogP contribution is 2.23. The second kappa shape index (κ2) is 19.3. The number of pyridine rings is 1. The second-order valence-corrected chi connectivity index (χ2v) is 11.0. The standard InChI is InChI=1S/C37H47NO5/c1-4-5-6-12-15-30-16-25-35(38-28-30)31-17-23-34(24-18-31)43-37(40)32-19-21-33(22-20-32)41-26-13-10-8-7-9-11-14-27-42-36(39)29(2)3/h16-25,28H,2,4-15,26-27H2,1,3H3. The van der Waals surface area contributed by atoms with Crippen molar-refractivity contribution in [2.45, 2.75) is 90.9 Å². The molecule has 2 aromatic carbocycles. The Kier molecular flexibility index (Phi) is 15.1. The molecule has 0 saturated carbocycles. The van der Waals surface area contributed by atoms with Crippen LogP contribution in [0.4, 0.5) is 0 Å². The molecule has 0 unspecified atom stereocenters. The van der Waals surface area contributed by atoms with Gasteiger partial charge in [0.05, 0.1) is 24.5 Å². The van der Waals surface area contributed by atoms with E-state index in [1.165, 1.54) is 31.2 Å². The van der Waals surface area contributed by atoms with Crippen LogP contribution in [-0.4, -0.2) is 30.1 Å². The van der Waals surface area contributed by atoms with Gasteiger partial charge in [-0.25, -0.2) is 9.59 Å². The van der Waals surface area contributed by atoms with Crippen molar-refractivity contribution >= 4 is 11.9 Å². The van der Waals surface area contributed by atoms with Crippen molar-refractivity contribution in [3.8, 4) is 22.8 Å². The van der Waals surface area contributed by atoms with Crippen LogP contribution in [-0.2, 0) is 16.0 Å². The number of hydrogen-bond acceptors (Lipinski definition) is 6. The Morgan fingerprint density at radius 2 is 1.35 bits per heavy atom. The van der Waals surface area contributed by atoms with Crippen molar-refractivity contribution in [1.29, 1.82) is 0 Å². The van der Waals surface area contributed by atoms with Crippen LogP contribution in [0.1, 0.15) is 100 Å². The highest BCUT2D eigenvalue weighted by molar-refractivity contribution is 5.91. The maximum atomic E-state index is 12.6. The molecule has 1 heterocycles. The van der Waals surface area contributed by atoms with Crippen LogP contribution < -0.4 is 9.47 Å². The lowest BCUT2D eigenvalue weighted by Gasteiger charge is -2.08. The van der Waals surface area contributed by atoms with Gasteiger partial charge in [-0.3, -0.25) is 4.98 Å². The van der Waals surface area contributed by atoms with Crippen LogP contribution in [0.3, 0.4) is 0 Å². The minimum Gasteiger partial charge on any atom is -0.494 e. The fraction of sp³-hybridized carbons (Fsp3) is 0.432. The molecule has 0 aliphatic heterocycles. The summed E-state index contributed by atoms with van der Waals surface area (Å²) >= 11 is 0. The number of esters is 2. The van der Waals surface area contributed by atoms with Crippen LogP contribution >= 0.6 is 0 Å². The van der Waals surface area contributed by atoms with E-state index in [0.717, 1.165) is 68.4 Å². The third kappa shape index (κ3) is 12.9. The molecule has 0 amide bonds. The number of rotatable bonds is 20. The number of carbonyl (C=O) groups excluding carboxylic acids is 2. The molecule has 0 aliphatic rings. The van der Waals surface area contributed by atoms with E-state index >= 15 is 0 Å². The number of benzene rings is 2. The molecule has 0 saturated heterocycles. The SMILES string of the molecule is C=C(C)C(=O)OCCCCCCCCCOc1ccc(C(=O)Oc2ccc(-c3ccc(CCCCCC)cn3)cc2)cc1. The predicted octanol–water partition coefficient (Wildman–Crippen LogP) is 9.32. The summed E-state index contributed by atoms with van der Waals surface area (Å²) in [6.07, 6.45) is 15.5. The molecule has 0 spiro atoms. The van der Waals surface area contributed by atoms with Gasteiger partial charge >= 0.3 is 11.9 Å². The number of aromatic nitrogens is 1. The third-order valence-corrected chi connectivity index (χ3v) is 7.23. The molecule has 6 nitrogen and oxygen atoms in total. The van der Waals surface area contributed by atoms with Crippen LogP contribution in [0.5, 0.6) is 11.5 Å². The minimum absolute atomic E-state index is 0.307. The third-order valence-electron chi connectivity index (χ3n) is 7.23. The molecule has 0 bridgehead atoms. The fourth-order valence-electron chi connectivity index (χ4n) is 4.61. The lowest BCUT2D eigenvalue weighted by atomic mass is 10.1. The van der Waals surface area contributed by atoms with E-state index in [2.05, 4.69) is 30.6 Å². The molecule has 43 heavy (non-hydrogen) atoms. The number of ether oxygens (including phenoxy) is 3. The summed E-state index contributed by atoms with van der Waals surface area (Å²) in [5.41, 5.74) is 4.07. The highest BCUT2D eigenvalue weighted by Gasteiger charge is 2.10.